The van der Waals surface area contributed by atoms with Gasteiger partial charge in [0, 0.05) is 37.9 Å². The van der Waals surface area contributed by atoms with Crippen LogP contribution in [0.2, 0.25) is 0 Å². The minimum atomic E-state index is -0.338. The smallest absolute Gasteiger partial charge is 0.246 e. The Kier molecular flexibility index (Phi) is 6.33. The lowest BCUT2D eigenvalue weighted by Gasteiger charge is -2.33. The van der Waals surface area contributed by atoms with Crippen molar-refractivity contribution in [2.24, 2.45) is 0 Å². The van der Waals surface area contributed by atoms with Crippen molar-refractivity contribution in [1.29, 1.82) is 0 Å². The second kappa shape index (κ2) is 9.09. The van der Waals surface area contributed by atoms with E-state index < -0.39 is 0 Å². The van der Waals surface area contributed by atoms with E-state index in [1.807, 2.05) is 41.3 Å². The molecule has 6 heteroatoms. The van der Waals surface area contributed by atoms with Gasteiger partial charge in [-0.05, 0) is 35.9 Å². The summed E-state index contributed by atoms with van der Waals surface area (Å²) in [5.41, 5.74) is 1.56. The van der Waals surface area contributed by atoms with Gasteiger partial charge in [-0.15, -0.1) is 0 Å². The third-order valence-electron chi connectivity index (χ3n) is 4.40. The van der Waals surface area contributed by atoms with Crippen LogP contribution in [-0.2, 0) is 9.59 Å². The van der Waals surface area contributed by atoms with Gasteiger partial charge in [0.15, 0.2) is 0 Å². The zero-order valence-corrected chi connectivity index (χ0v) is 15.0. The summed E-state index contributed by atoms with van der Waals surface area (Å²) in [4.78, 5) is 28.2. The quantitative estimate of drug-likeness (QED) is 0.827. The van der Waals surface area contributed by atoms with Crippen molar-refractivity contribution in [1.82, 2.24) is 9.80 Å². The molecule has 2 aromatic rings. The molecule has 140 valence electrons. The molecular weight excluding hydrogens is 345 g/mol. The molecule has 1 heterocycles. The Morgan fingerprint density at radius 1 is 0.963 bits per heavy atom. The van der Waals surface area contributed by atoms with Crippen LogP contribution < -0.4 is 5.32 Å². The number of hydrogen-bond donors (Lipinski definition) is 1. The average Bonchev–Trinajstić information content (AvgIpc) is 2.69. The first-order valence-corrected chi connectivity index (χ1v) is 8.90. The molecule has 0 radical (unpaired) electrons. The number of rotatable bonds is 5. The number of carbonyl (C=O) groups excluding carboxylic acids is 2. The molecule has 0 spiro atoms. The first-order valence-electron chi connectivity index (χ1n) is 8.90. The number of nitrogens with one attached hydrogen (secondary N) is 1. The maximum absolute atomic E-state index is 12.9. The van der Waals surface area contributed by atoms with Gasteiger partial charge in [-0.1, -0.05) is 30.3 Å². The average molecular weight is 367 g/mol. The van der Waals surface area contributed by atoms with Crippen LogP contribution in [0.1, 0.15) is 5.56 Å². The second-order valence-electron chi connectivity index (χ2n) is 6.40. The van der Waals surface area contributed by atoms with Crippen LogP contribution in [0.25, 0.3) is 6.08 Å². The van der Waals surface area contributed by atoms with Crippen LogP contribution >= 0.6 is 0 Å². The Balaban J connectivity index is 1.43. The molecule has 1 saturated heterocycles. The summed E-state index contributed by atoms with van der Waals surface area (Å²) in [7, 11) is 0. The van der Waals surface area contributed by atoms with Crippen molar-refractivity contribution in [3.8, 4) is 0 Å². The number of halogens is 1. The maximum Gasteiger partial charge on any atom is 0.246 e. The van der Waals surface area contributed by atoms with E-state index in [0.717, 1.165) is 5.56 Å². The molecule has 2 amide bonds. The van der Waals surface area contributed by atoms with E-state index in [0.29, 0.717) is 31.9 Å². The number of nitrogens with zero attached hydrogens (tertiary/aromatic N) is 2. The first-order chi connectivity index (χ1) is 13.1. The third-order valence-corrected chi connectivity index (χ3v) is 4.40. The van der Waals surface area contributed by atoms with Crippen LogP contribution in [0.4, 0.5) is 10.1 Å². The minimum absolute atomic E-state index is 0.0192. The van der Waals surface area contributed by atoms with Gasteiger partial charge in [-0.2, -0.15) is 0 Å². The zero-order valence-electron chi connectivity index (χ0n) is 15.0. The Bertz CT molecular complexity index is 798. The van der Waals surface area contributed by atoms with Crippen molar-refractivity contribution in [3.63, 3.8) is 0 Å². The van der Waals surface area contributed by atoms with Crippen molar-refractivity contribution < 1.29 is 14.0 Å². The highest BCUT2D eigenvalue weighted by Gasteiger charge is 2.21. The van der Waals surface area contributed by atoms with E-state index in [1.165, 1.54) is 24.3 Å². The van der Waals surface area contributed by atoms with Gasteiger partial charge in [-0.3, -0.25) is 14.5 Å². The van der Waals surface area contributed by atoms with E-state index in [-0.39, 0.29) is 24.2 Å². The standard InChI is InChI=1S/C21H22FN3O2/c22-18-7-9-19(10-8-18)23-20(26)16-24-12-14-25(15-13-24)21(27)11-6-17-4-2-1-3-5-17/h1-11H,12-16H2,(H,23,26)/b11-6+. The molecule has 3 rings (SSSR count). The van der Waals surface area contributed by atoms with Gasteiger partial charge in [0.25, 0.3) is 0 Å². The largest absolute Gasteiger partial charge is 0.337 e. The van der Waals surface area contributed by atoms with Gasteiger partial charge in [-0.25, -0.2) is 4.39 Å². The Hall–Kier alpha value is -2.99. The molecule has 0 aromatic heterocycles. The van der Waals surface area contributed by atoms with Crippen molar-refractivity contribution in [3.05, 3.63) is 72.1 Å². The van der Waals surface area contributed by atoms with Gasteiger partial charge < -0.3 is 10.2 Å². The van der Waals surface area contributed by atoms with Crippen molar-refractivity contribution in [2.75, 3.05) is 38.0 Å². The van der Waals surface area contributed by atoms with Gasteiger partial charge in [0.2, 0.25) is 11.8 Å². The summed E-state index contributed by atoms with van der Waals surface area (Å²) in [6, 6.07) is 15.4. The van der Waals surface area contributed by atoms with Gasteiger partial charge in [0.05, 0.1) is 6.54 Å². The summed E-state index contributed by atoms with van der Waals surface area (Å²) in [5, 5.41) is 2.75. The fourth-order valence-electron chi connectivity index (χ4n) is 2.90. The molecule has 0 unspecified atom stereocenters. The monoisotopic (exact) mass is 367 g/mol. The summed E-state index contributed by atoms with van der Waals surface area (Å²) in [6.07, 6.45) is 3.40. The van der Waals surface area contributed by atoms with Crippen molar-refractivity contribution >= 4 is 23.6 Å². The highest BCUT2D eigenvalue weighted by molar-refractivity contribution is 5.93. The summed E-state index contributed by atoms with van der Waals surface area (Å²) >= 11 is 0. The fourth-order valence-corrected chi connectivity index (χ4v) is 2.90. The molecule has 0 aliphatic carbocycles. The fraction of sp³-hybridized carbons (Fsp3) is 0.238. The van der Waals surface area contributed by atoms with Crippen LogP contribution in [0.5, 0.6) is 0 Å². The number of benzene rings is 2. The van der Waals surface area contributed by atoms with Crippen LogP contribution in [0, 0.1) is 5.82 Å². The minimum Gasteiger partial charge on any atom is -0.337 e. The van der Waals surface area contributed by atoms with Gasteiger partial charge in [0.1, 0.15) is 5.82 Å². The highest BCUT2D eigenvalue weighted by Crippen LogP contribution is 2.09. The topological polar surface area (TPSA) is 52.7 Å². The van der Waals surface area contributed by atoms with E-state index in [1.54, 1.807) is 11.0 Å². The molecule has 1 fully saturated rings. The number of carbonyl (C=O) groups is 2. The number of amides is 2. The maximum atomic E-state index is 12.9. The first kappa shape index (κ1) is 18.8. The number of piperazine rings is 1. The van der Waals surface area contributed by atoms with E-state index in [4.69, 9.17) is 0 Å². The zero-order chi connectivity index (χ0) is 19.1. The van der Waals surface area contributed by atoms with E-state index in [9.17, 15) is 14.0 Å². The van der Waals surface area contributed by atoms with Crippen molar-refractivity contribution in [2.45, 2.75) is 0 Å². The molecule has 5 nitrogen and oxygen atoms in total. The van der Waals surface area contributed by atoms with Gasteiger partial charge >= 0.3 is 0 Å². The molecule has 2 aromatic carbocycles. The molecule has 1 aliphatic heterocycles. The molecule has 0 bridgehead atoms. The number of anilines is 1. The second-order valence-corrected chi connectivity index (χ2v) is 6.40. The summed E-state index contributed by atoms with van der Waals surface area (Å²) in [5.74, 6) is -0.505. The number of hydrogen-bond acceptors (Lipinski definition) is 3. The lowest BCUT2D eigenvalue weighted by molar-refractivity contribution is -0.127. The predicted octanol–water partition coefficient (Wildman–Crippen LogP) is 2.62. The molecule has 27 heavy (non-hydrogen) atoms. The molecular formula is C21H22FN3O2. The van der Waals surface area contributed by atoms with Crippen LogP contribution in [0.15, 0.2) is 60.7 Å². The van der Waals surface area contributed by atoms with E-state index >= 15 is 0 Å². The Labute approximate surface area is 158 Å². The Morgan fingerprint density at radius 2 is 1.63 bits per heavy atom. The molecule has 1 N–H and O–H groups in total. The van der Waals surface area contributed by atoms with E-state index in [2.05, 4.69) is 5.32 Å². The van der Waals surface area contributed by atoms with Crippen LogP contribution in [-0.4, -0.2) is 54.3 Å². The SMILES string of the molecule is O=C(CN1CCN(C(=O)/C=C/c2ccccc2)CC1)Nc1ccc(F)cc1. The summed E-state index contributed by atoms with van der Waals surface area (Å²) in [6.45, 7) is 2.70. The molecule has 0 atom stereocenters. The summed E-state index contributed by atoms with van der Waals surface area (Å²) < 4.78 is 12.9. The lowest BCUT2D eigenvalue weighted by atomic mass is 10.2. The lowest BCUT2D eigenvalue weighted by Crippen LogP contribution is -2.50. The molecule has 0 saturated carbocycles. The van der Waals surface area contributed by atoms with Crippen LogP contribution in [0.3, 0.4) is 0 Å². The highest BCUT2D eigenvalue weighted by atomic mass is 19.1. The third kappa shape index (κ3) is 5.76. The predicted molar refractivity (Wildman–Crippen MR) is 104 cm³/mol. The normalized spacial score (nSPS) is 15.1. The Morgan fingerprint density at radius 3 is 2.30 bits per heavy atom. The molecule has 1 aliphatic rings.